The normalized spacial score (nSPS) is 16.6. The molecule has 1 atom stereocenters. The molecule has 2 N–H and O–H groups in total. The van der Waals surface area contributed by atoms with Crippen LogP contribution in [0.4, 0.5) is 0 Å². The highest BCUT2D eigenvalue weighted by molar-refractivity contribution is 14.0. The summed E-state index contributed by atoms with van der Waals surface area (Å²) < 4.78 is 17.4. The lowest BCUT2D eigenvalue weighted by atomic mass is 10.1. The highest BCUT2D eigenvalue weighted by Gasteiger charge is 2.17. The van der Waals surface area contributed by atoms with Crippen LogP contribution in [0.25, 0.3) is 0 Å². The van der Waals surface area contributed by atoms with Crippen LogP contribution in [-0.4, -0.2) is 52.1 Å². The largest absolute Gasteiger partial charge is 0.491 e. The van der Waals surface area contributed by atoms with Gasteiger partial charge in [-0.2, -0.15) is 0 Å². The van der Waals surface area contributed by atoms with E-state index in [1.54, 1.807) is 7.05 Å². The van der Waals surface area contributed by atoms with Crippen molar-refractivity contribution in [1.29, 1.82) is 0 Å². The highest BCUT2D eigenvalue weighted by Crippen LogP contribution is 2.22. The molecule has 0 aliphatic carbocycles. The Morgan fingerprint density at radius 2 is 2.10 bits per heavy atom. The lowest BCUT2D eigenvalue weighted by Crippen LogP contribution is -2.38. The van der Waals surface area contributed by atoms with E-state index in [1.165, 1.54) is 5.56 Å². The maximum absolute atomic E-state index is 6.07. The molecule has 0 spiro atoms. The third-order valence-corrected chi connectivity index (χ3v) is 4.72. The van der Waals surface area contributed by atoms with Gasteiger partial charge in [0.05, 0.1) is 12.7 Å². The number of rotatable bonds is 11. The van der Waals surface area contributed by atoms with Crippen LogP contribution in [-0.2, 0) is 16.0 Å². The van der Waals surface area contributed by atoms with Gasteiger partial charge in [0.2, 0.25) is 0 Å². The van der Waals surface area contributed by atoms with Gasteiger partial charge in [-0.25, -0.2) is 0 Å². The molecule has 1 aliphatic rings. The van der Waals surface area contributed by atoms with Crippen molar-refractivity contribution in [3.8, 4) is 5.75 Å². The number of aliphatic imine (C=N–C) groups is 1. The minimum atomic E-state index is 0. The van der Waals surface area contributed by atoms with E-state index in [4.69, 9.17) is 14.2 Å². The predicted molar refractivity (Wildman–Crippen MR) is 130 cm³/mol. The molecule has 1 aliphatic heterocycles. The van der Waals surface area contributed by atoms with Crippen LogP contribution < -0.4 is 15.4 Å². The molecule has 2 rings (SSSR count). The van der Waals surface area contributed by atoms with E-state index in [2.05, 4.69) is 54.6 Å². The summed E-state index contributed by atoms with van der Waals surface area (Å²) >= 11 is 0. The van der Waals surface area contributed by atoms with E-state index < -0.39 is 0 Å². The number of hydrogen-bond acceptors (Lipinski definition) is 4. The Bertz CT molecular complexity index is 605. The van der Waals surface area contributed by atoms with E-state index >= 15 is 0 Å². The van der Waals surface area contributed by atoms with Crippen molar-refractivity contribution >= 4 is 29.9 Å². The lowest BCUT2D eigenvalue weighted by molar-refractivity contribution is 0.0676. The Morgan fingerprint density at radius 3 is 2.79 bits per heavy atom. The standard InChI is InChI=1S/C22H37N3O3.HI/c1-17(2)9-12-26-13-10-24-22(23-4)25-15-19-8-7-18(3)14-21(19)28-16-20-6-5-11-27-20;/h7-8,14,17,20H,5-6,9-13,15-16H2,1-4H3,(H2,23,24,25);1H. The number of ether oxygens (including phenoxy) is 3. The summed E-state index contributed by atoms with van der Waals surface area (Å²) in [6.45, 7) is 10.8. The summed E-state index contributed by atoms with van der Waals surface area (Å²) in [5.41, 5.74) is 2.30. The van der Waals surface area contributed by atoms with Crippen LogP contribution in [0.2, 0.25) is 0 Å². The van der Waals surface area contributed by atoms with Gasteiger partial charge >= 0.3 is 0 Å². The van der Waals surface area contributed by atoms with Crippen LogP contribution in [0.1, 0.15) is 44.2 Å². The number of benzene rings is 1. The Kier molecular flexibility index (Phi) is 13.3. The van der Waals surface area contributed by atoms with Crippen molar-refractivity contribution in [3.63, 3.8) is 0 Å². The maximum atomic E-state index is 6.07. The van der Waals surface area contributed by atoms with Crippen molar-refractivity contribution in [1.82, 2.24) is 10.6 Å². The second-order valence-corrected chi connectivity index (χ2v) is 7.70. The fraction of sp³-hybridized carbons (Fsp3) is 0.682. The van der Waals surface area contributed by atoms with Gasteiger partial charge in [0.1, 0.15) is 12.4 Å². The van der Waals surface area contributed by atoms with Crippen LogP contribution in [0, 0.1) is 12.8 Å². The number of guanidine groups is 1. The Hall–Kier alpha value is -1.06. The van der Waals surface area contributed by atoms with Gasteiger partial charge in [-0.3, -0.25) is 4.99 Å². The average molecular weight is 519 g/mol. The zero-order valence-electron chi connectivity index (χ0n) is 18.3. The zero-order chi connectivity index (χ0) is 20.2. The molecule has 6 nitrogen and oxygen atoms in total. The summed E-state index contributed by atoms with van der Waals surface area (Å²) in [6, 6.07) is 6.30. The molecule has 0 aromatic heterocycles. The van der Waals surface area contributed by atoms with E-state index in [0.29, 0.717) is 25.7 Å². The zero-order valence-corrected chi connectivity index (χ0v) is 20.7. The summed E-state index contributed by atoms with van der Waals surface area (Å²) in [5.74, 6) is 2.35. The lowest BCUT2D eigenvalue weighted by Gasteiger charge is -2.17. The van der Waals surface area contributed by atoms with Crippen LogP contribution in [0.5, 0.6) is 5.75 Å². The maximum Gasteiger partial charge on any atom is 0.191 e. The topological polar surface area (TPSA) is 64.1 Å². The third-order valence-electron chi connectivity index (χ3n) is 4.72. The quantitative estimate of drug-likeness (QED) is 0.201. The van der Waals surface area contributed by atoms with E-state index in [-0.39, 0.29) is 30.1 Å². The fourth-order valence-electron chi connectivity index (χ4n) is 2.96. The first-order chi connectivity index (χ1) is 13.6. The smallest absolute Gasteiger partial charge is 0.191 e. The predicted octanol–water partition coefficient (Wildman–Crippen LogP) is 3.90. The van der Waals surface area contributed by atoms with Crippen LogP contribution in [0.3, 0.4) is 0 Å². The molecule has 0 saturated carbocycles. The number of nitrogens with one attached hydrogen (secondary N) is 2. The average Bonchev–Trinajstić information content (AvgIpc) is 3.19. The molecule has 29 heavy (non-hydrogen) atoms. The first kappa shape index (κ1) is 26.0. The summed E-state index contributed by atoms with van der Waals surface area (Å²) in [4.78, 5) is 4.28. The van der Waals surface area contributed by atoms with Gasteiger partial charge in [-0.15, -0.1) is 24.0 Å². The summed E-state index contributed by atoms with van der Waals surface area (Å²) in [5, 5.41) is 6.64. The molecule has 0 amide bonds. The molecule has 0 radical (unpaired) electrons. The SMILES string of the molecule is CN=C(NCCOCCC(C)C)NCc1ccc(C)cc1OCC1CCCO1.I. The van der Waals surface area contributed by atoms with Gasteiger partial charge in [-0.1, -0.05) is 26.0 Å². The van der Waals surface area contributed by atoms with Gasteiger partial charge in [-0.05, 0) is 43.7 Å². The first-order valence-corrected chi connectivity index (χ1v) is 10.4. The van der Waals surface area contributed by atoms with Crippen molar-refractivity contribution in [2.75, 3.05) is 40.0 Å². The molecule has 1 unspecified atom stereocenters. The molecular weight excluding hydrogens is 481 g/mol. The molecule has 166 valence electrons. The van der Waals surface area contributed by atoms with Crippen LogP contribution >= 0.6 is 24.0 Å². The second-order valence-electron chi connectivity index (χ2n) is 7.70. The molecule has 1 fully saturated rings. The van der Waals surface area contributed by atoms with Crippen LogP contribution in [0.15, 0.2) is 23.2 Å². The van der Waals surface area contributed by atoms with Gasteiger partial charge < -0.3 is 24.8 Å². The molecule has 7 heteroatoms. The Morgan fingerprint density at radius 1 is 1.28 bits per heavy atom. The third kappa shape index (κ3) is 10.5. The molecule has 1 aromatic carbocycles. The van der Waals surface area contributed by atoms with Gasteiger partial charge in [0.25, 0.3) is 0 Å². The Labute approximate surface area is 193 Å². The number of hydrogen-bond donors (Lipinski definition) is 2. The second kappa shape index (κ2) is 14.8. The number of aryl methyl sites for hydroxylation is 1. The van der Waals surface area contributed by atoms with Crippen molar-refractivity contribution in [2.24, 2.45) is 10.9 Å². The fourth-order valence-corrected chi connectivity index (χ4v) is 2.96. The molecule has 0 bridgehead atoms. The summed E-state index contributed by atoms with van der Waals surface area (Å²) in [6.07, 6.45) is 3.51. The van der Waals surface area contributed by atoms with Crippen molar-refractivity contribution in [3.05, 3.63) is 29.3 Å². The number of halogens is 1. The highest BCUT2D eigenvalue weighted by atomic mass is 127. The summed E-state index contributed by atoms with van der Waals surface area (Å²) in [7, 11) is 1.78. The molecule has 1 aromatic rings. The molecular formula is C22H38IN3O3. The number of nitrogens with zero attached hydrogens (tertiary/aromatic N) is 1. The molecule has 1 saturated heterocycles. The first-order valence-electron chi connectivity index (χ1n) is 10.4. The Balaban J connectivity index is 0.00000420. The van der Waals surface area contributed by atoms with E-state index in [9.17, 15) is 0 Å². The van der Waals surface area contributed by atoms with Crippen molar-refractivity contribution < 1.29 is 14.2 Å². The van der Waals surface area contributed by atoms with Gasteiger partial charge in [0.15, 0.2) is 5.96 Å². The van der Waals surface area contributed by atoms with Crippen molar-refractivity contribution in [2.45, 2.75) is 52.7 Å². The molecule has 1 heterocycles. The van der Waals surface area contributed by atoms with E-state index in [0.717, 1.165) is 56.3 Å². The minimum absolute atomic E-state index is 0. The minimum Gasteiger partial charge on any atom is -0.491 e. The van der Waals surface area contributed by atoms with Gasteiger partial charge in [0, 0.05) is 38.9 Å². The van der Waals surface area contributed by atoms with E-state index in [1.807, 2.05) is 0 Å². The monoisotopic (exact) mass is 519 g/mol.